The Hall–Kier alpha value is -1.80. The van der Waals surface area contributed by atoms with Crippen LogP contribution in [-0.2, 0) is 6.42 Å². The van der Waals surface area contributed by atoms with Gasteiger partial charge in [-0.25, -0.2) is 0 Å². The van der Waals surface area contributed by atoms with Crippen molar-refractivity contribution in [3.63, 3.8) is 0 Å². The molecule has 0 bridgehead atoms. The molecule has 0 radical (unpaired) electrons. The number of para-hydroxylation sites is 1. The Morgan fingerprint density at radius 1 is 0.944 bits per heavy atom. The van der Waals surface area contributed by atoms with Crippen molar-refractivity contribution in [1.29, 1.82) is 0 Å². The summed E-state index contributed by atoms with van der Waals surface area (Å²) in [5, 5.41) is 3.50. The van der Waals surface area contributed by atoms with Gasteiger partial charge in [-0.15, -0.1) is 0 Å². The third-order valence-electron chi connectivity index (χ3n) is 4.09. The number of benzene rings is 2. The SMILES string of the molecule is c1ccc2c(c1)Cc1ccccc1N1CNCC21. The predicted molar refractivity (Wildman–Crippen MR) is 73.8 cm³/mol. The maximum absolute atomic E-state index is 3.50. The third kappa shape index (κ3) is 1.39. The van der Waals surface area contributed by atoms with Gasteiger partial charge in [-0.3, -0.25) is 5.32 Å². The van der Waals surface area contributed by atoms with Crippen molar-refractivity contribution in [2.24, 2.45) is 0 Å². The van der Waals surface area contributed by atoms with Gasteiger partial charge in [0.25, 0.3) is 0 Å². The van der Waals surface area contributed by atoms with Crippen LogP contribution in [0.25, 0.3) is 0 Å². The molecule has 0 saturated carbocycles. The number of hydrogen-bond donors (Lipinski definition) is 1. The highest BCUT2D eigenvalue weighted by molar-refractivity contribution is 5.60. The summed E-state index contributed by atoms with van der Waals surface area (Å²) in [6.45, 7) is 2.00. The van der Waals surface area contributed by atoms with Gasteiger partial charge in [-0.05, 0) is 29.2 Å². The van der Waals surface area contributed by atoms with E-state index in [-0.39, 0.29) is 0 Å². The molecule has 1 saturated heterocycles. The van der Waals surface area contributed by atoms with Gasteiger partial charge in [0.15, 0.2) is 0 Å². The summed E-state index contributed by atoms with van der Waals surface area (Å²) >= 11 is 0. The van der Waals surface area contributed by atoms with Gasteiger partial charge in [0.05, 0.1) is 12.7 Å². The zero-order valence-corrected chi connectivity index (χ0v) is 10.3. The second-order valence-electron chi connectivity index (χ2n) is 5.10. The van der Waals surface area contributed by atoms with E-state index in [0.29, 0.717) is 6.04 Å². The summed E-state index contributed by atoms with van der Waals surface area (Å²) in [6.07, 6.45) is 1.05. The molecule has 2 aromatic carbocycles. The number of hydrogen-bond acceptors (Lipinski definition) is 2. The summed E-state index contributed by atoms with van der Waals surface area (Å²) in [4.78, 5) is 2.50. The van der Waals surface area contributed by atoms with Gasteiger partial charge in [0, 0.05) is 12.2 Å². The van der Waals surface area contributed by atoms with Gasteiger partial charge in [0.1, 0.15) is 0 Å². The minimum Gasteiger partial charge on any atom is -0.350 e. The summed E-state index contributed by atoms with van der Waals surface area (Å²) in [7, 11) is 0. The van der Waals surface area contributed by atoms with E-state index in [1.54, 1.807) is 0 Å². The lowest BCUT2D eigenvalue weighted by molar-refractivity contribution is 0.754. The molecule has 2 aromatic rings. The van der Waals surface area contributed by atoms with Crippen molar-refractivity contribution in [3.8, 4) is 0 Å². The smallest absolute Gasteiger partial charge is 0.0690 e. The molecule has 1 atom stereocenters. The van der Waals surface area contributed by atoms with Crippen LogP contribution in [0.4, 0.5) is 5.69 Å². The van der Waals surface area contributed by atoms with E-state index in [1.165, 1.54) is 22.4 Å². The Morgan fingerprint density at radius 2 is 1.72 bits per heavy atom. The molecule has 0 aromatic heterocycles. The number of nitrogens with zero attached hydrogens (tertiary/aromatic N) is 1. The third-order valence-corrected chi connectivity index (χ3v) is 4.09. The number of rotatable bonds is 0. The Labute approximate surface area is 107 Å². The van der Waals surface area contributed by atoms with E-state index in [4.69, 9.17) is 0 Å². The summed E-state index contributed by atoms with van der Waals surface area (Å²) < 4.78 is 0. The average Bonchev–Trinajstić information content (AvgIpc) is 2.84. The van der Waals surface area contributed by atoms with Gasteiger partial charge in [-0.2, -0.15) is 0 Å². The van der Waals surface area contributed by atoms with Crippen LogP contribution in [0.2, 0.25) is 0 Å². The number of anilines is 1. The molecule has 0 spiro atoms. The van der Waals surface area contributed by atoms with Crippen LogP contribution in [0.1, 0.15) is 22.7 Å². The molecule has 2 nitrogen and oxygen atoms in total. The molecule has 4 rings (SSSR count). The predicted octanol–water partition coefficient (Wildman–Crippen LogP) is 2.70. The summed E-state index contributed by atoms with van der Waals surface area (Å²) in [6, 6.07) is 18.2. The van der Waals surface area contributed by atoms with Gasteiger partial charge in [-0.1, -0.05) is 42.5 Å². The molecule has 90 valence electrons. The van der Waals surface area contributed by atoms with E-state index >= 15 is 0 Å². The van der Waals surface area contributed by atoms with Crippen molar-refractivity contribution in [1.82, 2.24) is 5.32 Å². The van der Waals surface area contributed by atoms with E-state index in [2.05, 4.69) is 58.7 Å². The number of nitrogens with one attached hydrogen (secondary N) is 1. The molecular formula is C16H16N2. The van der Waals surface area contributed by atoms with E-state index in [1.807, 2.05) is 0 Å². The van der Waals surface area contributed by atoms with Crippen molar-refractivity contribution in [2.45, 2.75) is 12.5 Å². The first-order valence-electron chi connectivity index (χ1n) is 6.56. The normalized spacial score (nSPS) is 20.9. The molecule has 2 aliphatic rings. The molecular weight excluding hydrogens is 220 g/mol. The highest BCUT2D eigenvalue weighted by Crippen LogP contribution is 2.38. The van der Waals surface area contributed by atoms with Crippen LogP contribution >= 0.6 is 0 Å². The molecule has 1 N–H and O–H groups in total. The zero-order valence-electron chi connectivity index (χ0n) is 10.3. The molecule has 18 heavy (non-hydrogen) atoms. The molecule has 1 fully saturated rings. The van der Waals surface area contributed by atoms with Crippen LogP contribution in [0, 0.1) is 0 Å². The Morgan fingerprint density at radius 3 is 2.67 bits per heavy atom. The minimum atomic E-state index is 0.491. The summed E-state index contributed by atoms with van der Waals surface area (Å²) in [5.74, 6) is 0. The highest BCUT2D eigenvalue weighted by atomic mass is 15.3. The van der Waals surface area contributed by atoms with Crippen LogP contribution in [0.5, 0.6) is 0 Å². The molecule has 1 unspecified atom stereocenters. The maximum Gasteiger partial charge on any atom is 0.0690 e. The van der Waals surface area contributed by atoms with Crippen LogP contribution in [0.3, 0.4) is 0 Å². The Kier molecular flexibility index (Phi) is 2.17. The fourth-order valence-corrected chi connectivity index (χ4v) is 3.24. The second kappa shape index (κ2) is 3.85. The highest BCUT2D eigenvalue weighted by Gasteiger charge is 2.31. The standard InChI is InChI=1S/C16H16N2/c1-3-7-14-12(5-1)9-13-6-2-4-8-15(13)18-11-17-10-16(14)18/h1-8,16-17H,9-11H2. The van der Waals surface area contributed by atoms with Crippen LogP contribution < -0.4 is 10.2 Å². The number of fused-ring (bicyclic) bond motifs is 5. The van der Waals surface area contributed by atoms with Crippen molar-refractivity contribution < 1.29 is 0 Å². The lowest BCUT2D eigenvalue weighted by Gasteiger charge is -2.25. The average molecular weight is 236 g/mol. The molecule has 0 amide bonds. The van der Waals surface area contributed by atoms with Gasteiger partial charge < -0.3 is 4.90 Å². The fraction of sp³-hybridized carbons (Fsp3) is 0.250. The minimum absolute atomic E-state index is 0.491. The first-order valence-corrected chi connectivity index (χ1v) is 6.56. The Balaban J connectivity index is 1.95. The van der Waals surface area contributed by atoms with E-state index in [0.717, 1.165) is 19.6 Å². The largest absolute Gasteiger partial charge is 0.350 e. The lowest BCUT2D eigenvalue weighted by Crippen LogP contribution is -2.24. The van der Waals surface area contributed by atoms with Crippen LogP contribution in [-0.4, -0.2) is 13.2 Å². The van der Waals surface area contributed by atoms with Crippen molar-refractivity contribution in [3.05, 3.63) is 65.2 Å². The second-order valence-corrected chi connectivity index (χ2v) is 5.10. The van der Waals surface area contributed by atoms with E-state index in [9.17, 15) is 0 Å². The molecule has 2 heteroatoms. The Bertz CT molecular complexity index is 540. The first-order chi connectivity index (χ1) is 8.93. The topological polar surface area (TPSA) is 15.3 Å². The fourth-order valence-electron chi connectivity index (χ4n) is 3.24. The van der Waals surface area contributed by atoms with Gasteiger partial charge >= 0.3 is 0 Å². The van der Waals surface area contributed by atoms with E-state index < -0.39 is 0 Å². The van der Waals surface area contributed by atoms with Crippen LogP contribution in [0.15, 0.2) is 48.5 Å². The summed E-state index contributed by atoms with van der Waals surface area (Å²) in [5.41, 5.74) is 5.79. The molecule has 2 aliphatic heterocycles. The van der Waals surface area contributed by atoms with Crippen molar-refractivity contribution >= 4 is 5.69 Å². The zero-order chi connectivity index (χ0) is 11.9. The van der Waals surface area contributed by atoms with Gasteiger partial charge in [0.2, 0.25) is 0 Å². The van der Waals surface area contributed by atoms with Crippen molar-refractivity contribution in [2.75, 3.05) is 18.1 Å². The first kappa shape index (κ1) is 10.2. The molecule has 2 heterocycles. The monoisotopic (exact) mass is 236 g/mol. The lowest BCUT2D eigenvalue weighted by atomic mass is 9.97. The quantitative estimate of drug-likeness (QED) is 0.756. The maximum atomic E-state index is 3.50. The molecule has 0 aliphatic carbocycles.